The van der Waals surface area contributed by atoms with Crippen molar-refractivity contribution < 1.29 is 13.9 Å². The standard InChI is InChI=1S/C21H20FNO2S/c1-25-20-13-16-7-3-2-6-15(16)12-18(20)21(24)23-10-11-26-14-17-8-4-5-9-19(17)22/h2-9,12-13H,10-11,14H2,1H3,(H,23,24). The monoisotopic (exact) mass is 369 g/mol. The molecule has 0 aromatic heterocycles. The molecule has 0 aliphatic rings. The summed E-state index contributed by atoms with van der Waals surface area (Å²) in [6, 6.07) is 18.3. The van der Waals surface area contributed by atoms with Crippen molar-refractivity contribution in [2.45, 2.75) is 5.75 Å². The number of thioether (sulfide) groups is 1. The van der Waals surface area contributed by atoms with Crippen molar-refractivity contribution in [2.24, 2.45) is 0 Å². The molecule has 0 aliphatic heterocycles. The molecule has 0 fully saturated rings. The van der Waals surface area contributed by atoms with Crippen molar-refractivity contribution in [3.8, 4) is 5.75 Å². The summed E-state index contributed by atoms with van der Waals surface area (Å²) >= 11 is 1.58. The number of fused-ring (bicyclic) bond motifs is 1. The summed E-state index contributed by atoms with van der Waals surface area (Å²) in [7, 11) is 1.56. The number of hydrogen-bond donors (Lipinski definition) is 1. The number of hydrogen-bond acceptors (Lipinski definition) is 3. The van der Waals surface area contributed by atoms with Gasteiger partial charge in [0, 0.05) is 18.1 Å². The predicted octanol–water partition coefficient (Wildman–Crippen LogP) is 4.65. The van der Waals surface area contributed by atoms with Crippen molar-refractivity contribution in [1.82, 2.24) is 5.32 Å². The Balaban J connectivity index is 1.56. The number of amides is 1. The lowest BCUT2D eigenvalue weighted by Gasteiger charge is -2.11. The summed E-state index contributed by atoms with van der Waals surface area (Å²) in [5, 5.41) is 4.93. The van der Waals surface area contributed by atoms with E-state index in [0.717, 1.165) is 10.8 Å². The second-order valence-electron chi connectivity index (χ2n) is 5.80. The van der Waals surface area contributed by atoms with Gasteiger partial charge in [-0.25, -0.2) is 4.39 Å². The molecule has 0 spiro atoms. The van der Waals surface area contributed by atoms with Crippen molar-refractivity contribution in [3.63, 3.8) is 0 Å². The fraction of sp³-hybridized carbons (Fsp3) is 0.190. The Bertz CT molecular complexity index is 913. The molecule has 0 unspecified atom stereocenters. The van der Waals surface area contributed by atoms with Gasteiger partial charge < -0.3 is 10.1 Å². The van der Waals surface area contributed by atoms with E-state index in [1.807, 2.05) is 42.5 Å². The SMILES string of the molecule is COc1cc2ccccc2cc1C(=O)NCCSCc1ccccc1F. The molecule has 0 atom stereocenters. The number of carbonyl (C=O) groups excluding carboxylic acids is 1. The highest BCUT2D eigenvalue weighted by Crippen LogP contribution is 2.26. The van der Waals surface area contributed by atoms with E-state index in [2.05, 4.69) is 5.32 Å². The number of nitrogens with one attached hydrogen (secondary N) is 1. The quantitative estimate of drug-likeness (QED) is 0.616. The van der Waals surface area contributed by atoms with E-state index in [0.29, 0.717) is 34.9 Å². The highest BCUT2D eigenvalue weighted by molar-refractivity contribution is 7.98. The smallest absolute Gasteiger partial charge is 0.255 e. The Morgan fingerprint density at radius 1 is 1.08 bits per heavy atom. The molecule has 1 N–H and O–H groups in total. The van der Waals surface area contributed by atoms with Gasteiger partial charge in [-0.15, -0.1) is 0 Å². The van der Waals surface area contributed by atoms with Gasteiger partial charge in [0.2, 0.25) is 0 Å². The maximum atomic E-state index is 13.6. The van der Waals surface area contributed by atoms with E-state index < -0.39 is 0 Å². The van der Waals surface area contributed by atoms with Gasteiger partial charge in [-0.1, -0.05) is 42.5 Å². The zero-order valence-electron chi connectivity index (χ0n) is 14.5. The zero-order valence-corrected chi connectivity index (χ0v) is 15.3. The largest absolute Gasteiger partial charge is 0.496 e. The molecule has 0 heterocycles. The van der Waals surface area contributed by atoms with Crippen molar-refractivity contribution in [1.29, 1.82) is 0 Å². The molecular weight excluding hydrogens is 349 g/mol. The topological polar surface area (TPSA) is 38.3 Å². The lowest BCUT2D eigenvalue weighted by Crippen LogP contribution is -2.26. The third-order valence-electron chi connectivity index (χ3n) is 4.06. The van der Waals surface area contributed by atoms with Gasteiger partial charge in [0.1, 0.15) is 11.6 Å². The molecule has 3 aromatic rings. The third kappa shape index (κ3) is 4.35. The second-order valence-corrected chi connectivity index (χ2v) is 6.90. The number of halogens is 1. The Morgan fingerprint density at radius 2 is 1.77 bits per heavy atom. The summed E-state index contributed by atoms with van der Waals surface area (Å²) < 4.78 is 18.9. The van der Waals surface area contributed by atoms with Crippen LogP contribution in [0.15, 0.2) is 60.7 Å². The van der Waals surface area contributed by atoms with Gasteiger partial charge in [-0.2, -0.15) is 11.8 Å². The first-order valence-electron chi connectivity index (χ1n) is 8.35. The minimum Gasteiger partial charge on any atom is -0.496 e. The van der Waals surface area contributed by atoms with Crippen LogP contribution in [-0.2, 0) is 5.75 Å². The molecule has 5 heteroatoms. The van der Waals surface area contributed by atoms with E-state index in [1.165, 1.54) is 6.07 Å². The van der Waals surface area contributed by atoms with E-state index >= 15 is 0 Å². The molecular formula is C21H20FNO2S. The van der Waals surface area contributed by atoms with Crippen LogP contribution in [0.5, 0.6) is 5.75 Å². The van der Waals surface area contributed by atoms with Gasteiger partial charge in [0.15, 0.2) is 0 Å². The lowest BCUT2D eigenvalue weighted by atomic mass is 10.1. The van der Waals surface area contributed by atoms with Crippen molar-refractivity contribution in [3.05, 3.63) is 77.6 Å². The van der Waals surface area contributed by atoms with Crippen LogP contribution < -0.4 is 10.1 Å². The maximum absolute atomic E-state index is 13.6. The maximum Gasteiger partial charge on any atom is 0.255 e. The van der Waals surface area contributed by atoms with Crippen molar-refractivity contribution >= 4 is 28.4 Å². The van der Waals surface area contributed by atoms with E-state index in [9.17, 15) is 9.18 Å². The summed E-state index contributed by atoms with van der Waals surface area (Å²) in [5.41, 5.74) is 1.20. The Hall–Kier alpha value is -2.53. The molecule has 0 saturated heterocycles. The fourth-order valence-electron chi connectivity index (χ4n) is 2.70. The van der Waals surface area contributed by atoms with Gasteiger partial charge in [0.25, 0.3) is 5.91 Å². The molecule has 0 radical (unpaired) electrons. The number of methoxy groups -OCH3 is 1. The number of benzene rings is 3. The molecule has 134 valence electrons. The molecule has 3 nitrogen and oxygen atoms in total. The molecule has 1 amide bonds. The molecule has 0 saturated carbocycles. The van der Waals surface area contributed by atoms with Crippen LogP contribution >= 0.6 is 11.8 Å². The van der Waals surface area contributed by atoms with Crippen LogP contribution in [0.4, 0.5) is 4.39 Å². The number of carbonyl (C=O) groups is 1. The number of ether oxygens (including phenoxy) is 1. The summed E-state index contributed by atoms with van der Waals surface area (Å²) in [5.74, 6) is 1.49. The molecule has 3 rings (SSSR count). The zero-order chi connectivity index (χ0) is 18.4. The van der Waals surface area contributed by atoms with Crippen LogP contribution in [0.25, 0.3) is 10.8 Å². The third-order valence-corrected chi connectivity index (χ3v) is 5.07. The first kappa shape index (κ1) is 18.3. The van der Waals surface area contributed by atoms with Crippen LogP contribution in [0, 0.1) is 5.82 Å². The highest BCUT2D eigenvalue weighted by Gasteiger charge is 2.13. The Labute approximate surface area is 156 Å². The Morgan fingerprint density at radius 3 is 2.50 bits per heavy atom. The lowest BCUT2D eigenvalue weighted by molar-refractivity contribution is 0.0953. The van der Waals surface area contributed by atoms with E-state index in [1.54, 1.807) is 31.0 Å². The molecule has 3 aromatic carbocycles. The van der Waals surface area contributed by atoms with Gasteiger partial charge in [0.05, 0.1) is 12.7 Å². The van der Waals surface area contributed by atoms with E-state index in [4.69, 9.17) is 4.74 Å². The van der Waals surface area contributed by atoms with Crippen LogP contribution in [0.3, 0.4) is 0 Å². The highest BCUT2D eigenvalue weighted by atomic mass is 32.2. The summed E-state index contributed by atoms with van der Waals surface area (Å²) in [6.45, 7) is 0.508. The van der Waals surface area contributed by atoms with E-state index in [-0.39, 0.29) is 11.7 Å². The van der Waals surface area contributed by atoms with Crippen molar-refractivity contribution in [2.75, 3.05) is 19.4 Å². The Kier molecular flexibility index (Phi) is 6.12. The molecule has 0 aliphatic carbocycles. The minimum atomic E-state index is -0.190. The minimum absolute atomic E-state index is 0.168. The fourth-order valence-corrected chi connectivity index (χ4v) is 3.54. The average molecular weight is 369 g/mol. The number of rotatable bonds is 7. The summed E-state index contributed by atoms with van der Waals surface area (Å²) in [6.07, 6.45) is 0. The van der Waals surface area contributed by atoms with Crippen LogP contribution in [0.1, 0.15) is 15.9 Å². The first-order valence-corrected chi connectivity index (χ1v) is 9.50. The summed E-state index contributed by atoms with van der Waals surface area (Å²) in [4.78, 5) is 12.5. The molecule has 0 bridgehead atoms. The van der Waals surface area contributed by atoms with Gasteiger partial charge >= 0.3 is 0 Å². The van der Waals surface area contributed by atoms with Gasteiger partial charge in [-0.05, 0) is 34.5 Å². The average Bonchev–Trinajstić information content (AvgIpc) is 2.67. The predicted molar refractivity (Wildman–Crippen MR) is 105 cm³/mol. The first-order chi connectivity index (χ1) is 12.7. The van der Waals surface area contributed by atoms with Gasteiger partial charge in [-0.3, -0.25) is 4.79 Å². The normalized spacial score (nSPS) is 10.7. The van der Waals surface area contributed by atoms with Crippen LogP contribution in [-0.4, -0.2) is 25.3 Å². The second kappa shape index (κ2) is 8.72. The van der Waals surface area contributed by atoms with Crippen LogP contribution in [0.2, 0.25) is 0 Å². The molecule has 26 heavy (non-hydrogen) atoms.